The molecule has 0 radical (unpaired) electrons. The predicted molar refractivity (Wildman–Crippen MR) is 80.1 cm³/mol. The highest BCUT2D eigenvalue weighted by Gasteiger charge is 2.19. The molecule has 1 aromatic rings. The Labute approximate surface area is 123 Å². The highest BCUT2D eigenvalue weighted by molar-refractivity contribution is 5.92. The largest absolute Gasteiger partial charge is 0.389 e. The molecular formula is C14H21N3O4. The first-order valence-electron chi connectivity index (χ1n) is 6.70. The first kappa shape index (κ1) is 17.1. The van der Waals surface area contributed by atoms with E-state index in [9.17, 15) is 20.0 Å². The fourth-order valence-corrected chi connectivity index (χ4v) is 1.90. The molecule has 0 saturated carbocycles. The summed E-state index contributed by atoms with van der Waals surface area (Å²) in [6.45, 7) is 6.45. The fraction of sp³-hybridized carbons (Fsp3) is 0.500. The molecule has 1 aromatic carbocycles. The Kier molecular flexibility index (Phi) is 5.80. The molecule has 0 heterocycles. The summed E-state index contributed by atoms with van der Waals surface area (Å²) in [5.74, 6) is -0.227. The number of non-ortho nitro benzene ring substituents is 1. The van der Waals surface area contributed by atoms with Gasteiger partial charge in [-0.2, -0.15) is 0 Å². The quantitative estimate of drug-likeness (QED) is 0.588. The number of anilines is 1. The molecule has 0 aliphatic rings. The van der Waals surface area contributed by atoms with Gasteiger partial charge in [-0.1, -0.05) is 6.92 Å². The van der Waals surface area contributed by atoms with Crippen molar-refractivity contribution in [3.05, 3.63) is 34.4 Å². The average molecular weight is 295 g/mol. The van der Waals surface area contributed by atoms with Gasteiger partial charge in [0.15, 0.2) is 0 Å². The summed E-state index contributed by atoms with van der Waals surface area (Å²) in [5.41, 5.74) is -0.390. The molecule has 21 heavy (non-hydrogen) atoms. The number of hydrogen-bond acceptors (Lipinski definition) is 5. The minimum absolute atomic E-state index is 0.0230. The third kappa shape index (κ3) is 6.33. The van der Waals surface area contributed by atoms with Crippen molar-refractivity contribution in [3.63, 3.8) is 0 Å². The summed E-state index contributed by atoms with van der Waals surface area (Å²) in [7, 11) is 0. The highest BCUT2D eigenvalue weighted by Crippen LogP contribution is 2.15. The van der Waals surface area contributed by atoms with Gasteiger partial charge in [-0.05, 0) is 32.5 Å². The maximum Gasteiger partial charge on any atom is 0.269 e. The molecule has 0 fully saturated rings. The maximum atomic E-state index is 11.9. The Bertz CT molecular complexity index is 494. The predicted octanol–water partition coefficient (Wildman–Crippen LogP) is 1.63. The van der Waals surface area contributed by atoms with E-state index in [0.717, 1.165) is 0 Å². The van der Waals surface area contributed by atoms with Crippen molar-refractivity contribution in [1.29, 1.82) is 0 Å². The molecule has 2 N–H and O–H groups in total. The molecule has 0 atom stereocenters. The van der Waals surface area contributed by atoms with Crippen LogP contribution in [0.2, 0.25) is 0 Å². The van der Waals surface area contributed by atoms with E-state index in [4.69, 9.17) is 0 Å². The van der Waals surface area contributed by atoms with Gasteiger partial charge in [0.1, 0.15) is 0 Å². The second kappa shape index (κ2) is 7.14. The minimum Gasteiger partial charge on any atom is -0.389 e. The van der Waals surface area contributed by atoms with E-state index in [-0.39, 0.29) is 18.1 Å². The van der Waals surface area contributed by atoms with E-state index in [1.165, 1.54) is 24.3 Å². The number of nitro benzene ring substituents is 1. The molecule has 7 heteroatoms. The van der Waals surface area contributed by atoms with Crippen molar-refractivity contribution in [2.75, 3.05) is 25.0 Å². The number of carbonyl (C=O) groups excluding carboxylic acids is 1. The van der Waals surface area contributed by atoms with Crippen molar-refractivity contribution < 1.29 is 14.8 Å². The molecule has 0 unspecified atom stereocenters. The molecule has 0 bridgehead atoms. The van der Waals surface area contributed by atoms with Crippen LogP contribution in [0.1, 0.15) is 20.8 Å². The summed E-state index contributed by atoms with van der Waals surface area (Å²) in [6.07, 6.45) is 0. The lowest BCUT2D eigenvalue weighted by atomic mass is 10.1. The molecule has 0 aliphatic carbocycles. The molecule has 0 spiro atoms. The van der Waals surface area contributed by atoms with Gasteiger partial charge >= 0.3 is 0 Å². The molecule has 116 valence electrons. The topological polar surface area (TPSA) is 95.7 Å². The van der Waals surface area contributed by atoms with Crippen molar-refractivity contribution in [1.82, 2.24) is 4.90 Å². The number of aliphatic hydroxyl groups is 1. The number of nitrogens with one attached hydrogen (secondary N) is 1. The monoisotopic (exact) mass is 295 g/mol. The van der Waals surface area contributed by atoms with Crippen LogP contribution in [0.25, 0.3) is 0 Å². The van der Waals surface area contributed by atoms with Crippen LogP contribution in [0.5, 0.6) is 0 Å². The number of likely N-dealkylation sites (N-methyl/N-ethyl adjacent to an activating group) is 1. The molecule has 7 nitrogen and oxygen atoms in total. The second-order valence-electron chi connectivity index (χ2n) is 5.47. The second-order valence-corrected chi connectivity index (χ2v) is 5.47. The van der Waals surface area contributed by atoms with Gasteiger partial charge in [-0.15, -0.1) is 0 Å². The first-order chi connectivity index (χ1) is 9.71. The SMILES string of the molecule is CCN(CC(=O)Nc1ccc([N+](=O)[O-])cc1)CC(C)(C)O. The Morgan fingerprint density at radius 2 is 1.95 bits per heavy atom. The van der Waals surface area contributed by atoms with E-state index in [1.807, 2.05) is 11.8 Å². The molecule has 1 amide bonds. The summed E-state index contributed by atoms with van der Waals surface area (Å²) >= 11 is 0. The third-order valence-electron chi connectivity index (χ3n) is 2.79. The van der Waals surface area contributed by atoms with Gasteiger partial charge in [0.2, 0.25) is 5.91 Å². The van der Waals surface area contributed by atoms with Gasteiger partial charge in [0.25, 0.3) is 5.69 Å². The van der Waals surface area contributed by atoms with Crippen LogP contribution < -0.4 is 5.32 Å². The Balaban J connectivity index is 2.58. The number of rotatable bonds is 7. The van der Waals surface area contributed by atoms with Crippen molar-refractivity contribution >= 4 is 17.3 Å². The fourth-order valence-electron chi connectivity index (χ4n) is 1.90. The molecule has 0 aromatic heterocycles. The van der Waals surface area contributed by atoms with E-state index < -0.39 is 10.5 Å². The lowest BCUT2D eigenvalue weighted by molar-refractivity contribution is -0.384. The van der Waals surface area contributed by atoms with Gasteiger partial charge in [0, 0.05) is 24.4 Å². The van der Waals surface area contributed by atoms with Crippen LogP contribution in [-0.4, -0.2) is 46.1 Å². The lowest BCUT2D eigenvalue weighted by Gasteiger charge is -2.27. The maximum absolute atomic E-state index is 11.9. The molecule has 1 rings (SSSR count). The average Bonchev–Trinajstić information content (AvgIpc) is 2.36. The smallest absolute Gasteiger partial charge is 0.269 e. The van der Waals surface area contributed by atoms with Crippen LogP contribution in [0, 0.1) is 10.1 Å². The summed E-state index contributed by atoms with van der Waals surface area (Å²) in [4.78, 5) is 23.8. The number of amides is 1. The van der Waals surface area contributed by atoms with Crippen molar-refractivity contribution in [3.8, 4) is 0 Å². The normalized spacial score (nSPS) is 11.5. The standard InChI is InChI=1S/C14H21N3O4/c1-4-16(10-14(2,3)19)9-13(18)15-11-5-7-12(8-6-11)17(20)21/h5-8,19H,4,9-10H2,1-3H3,(H,15,18). The molecule has 0 saturated heterocycles. The Morgan fingerprint density at radius 1 is 1.38 bits per heavy atom. The zero-order valence-corrected chi connectivity index (χ0v) is 12.5. The van der Waals surface area contributed by atoms with E-state index >= 15 is 0 Å². The van der Waals surface area contributed by atoms with Crippen molar-refractivity contribution in [2.45, 2.75) is 26.4 Å². The Morgan fingerprint density at radius 3 is 2.38 bits per heavy atom. The van der Waals surface area contributed by atoms with Crippen LogP contribution in [0.3, 0.4) is 0 Å². The summed E-state index contributed by atoms with van der Waals surface area (Å²) in [6, 6.07) is 5.65. The van der Waals surface area contributed by atoms with Crippen LogP contribution >= 0.6 is 0 Å². The number of nitrogens with zero attached hydrogens (tertiary/aromatic N) is 2. The minimum atomic E-state index is -0.871. The van der Waals surface area contributed by atoms with Crippen molar-refractivity contribution in [2.24, 2.45) is 0 Å². The van der Waals surface area contributed by atoms with Gasteiger partial charge < -0.3 is 10.4 Å². The van der Waals surface area contributed by atoms with Gasteiger partial charge in [-0.3, -0.25) is 19.8 Å². The summed E-state index contributed by atoms with van der Waals surface area (Å²) < 4.78 is 0. The number of carbonyl (C=O) groups is 1. The molecule has 0 aliphatic heterocycles. The highest BCUT2D eigenvalue weighted by atomic mass is 16.6. The van der Waals surface area contributed by atoms with Gasteiger partial charge in [0.05, 0.1) is 17.1 Å². The number of hydrogen-bond donors (Lipinski definition) is 2. The third-order valence-corrected chi connectivity index (χ3v) is 2.79. The van der Waals surface area contributed by atoms with Crippen LogP contribution in [-0.2, 0) is 4.79 Å². The van der Waals surface area contributed by atoms with Crippen LogP contribution in [0.4, 0.5) is 11.4 Å². The number of nitro groups is 1. The van der Waals surface area contributed by atoms with E-state index in [2.05, 4.69) is 5.32 Å². The lowest BCUT2D eigenvalue weighted by Crippen LogP contribution is -2.42. The summed E-state index contributed by atoms with van der Waals surface area (Å²) in [5, 5.41) is 23.0. The first-order valence-corrected chi connectivity index (χ1v) is 6.70. The van der Waals surface area contributed by atoms with Crippen LogP contribution in [0.15, 0.2) is 24.3 Å². The van der Waals surface area contributed by atoms with E-state index in [1.54, 1.807) is 13.8 Å². The number of benzene rings is 1. The van der Waals surface area contributed by atoms with E-state index in [0.29, 0.717) is 18.8 Å². The van der Waals surface area contributed by atoms with Gasteiger partial charge in [-0.25, -0.2) is 0 Å². The zero-order valence-electron chi connectivity index (χ0n) is 12.5. The zero-order chi connectivity index (χ0) is 16.0. The Hall–Kier alpha value is -1.99. The molecular weight excluding hydrogens is 274 g/mol.